The van der Waals surface area contributed by atoms with Crippen molar-refractivity contribution >= 4 is 11.5 Å². The first-order valence-electron chi connectivity index (χ1n) is 8.96. The number of aliphatic hydroxyl groups is 1. The van der Waals surface area contributed by atoms with Crippen LogP contribution < -0.4 is 21.9 Å². The van der Waals surface area contributed by atoms with E-state index >= 15 is 0 Å². The number of hydrogen-bond acceptors (Lipinski definition) is 2. The molecule has 26 heavy (non-hydrogen) atoms. The quantitative estimate of drug-likeness (QED) is 0.726. The molecule has 0 amide bonds. The lowest BCUT2D eigenvalue weighted by atomic mass is 10.0. The third-order valence-corrected chi connectivity index (χ3v) is 5.44. The molecule has 0 fully saturated rings. The van der Waals surface area contributed by atoms with E-state index in [0.29, 0.717) is 6.54 Å². The average molecular weight is 419 g/mol. The van der Waals surface area contributed by atoms with Crippen LogP contribution in [0.2, 0.25) is 0 Å². The largest absolute Gasteiger partial charge is 1.00 e. The number of benzene rings is 2. The first-order chi connectivity index (χ1) is 12.0. The maximum absolute atomic E-state index is 13.4. The third kappa shape index (κ3) is 3.08. The Morgan fingerprint density at radius 3 is 2.54 bits per heavy atom. The van der Waals surface area contributed by atoms with Crippen molar-refractivity contribution in [3.63, 3.8) is 0 Å². The predicted octanol–water partition coefficient (Wildman–Crippen LogP) is 0.707. The van der Waals surface area contributed by atoms with E-state index in [1.165, 1.54) is 29.1 Å². The number of anilines is 1. The van der Waals surface area contributed by atoms with Gasteiger partial charge in [0.25, 0.3) is 11.6 Å². The van der Waals surface area contributed by atoms with Gasteiger partial charge in [-0.1, -0.05) is 12.1 Å². The van der Waals surface area contributed by atoms with Gasteiger partial charge in [-0.3, -0.25) is 0 Å². The molecule has 2 aliphatic heterocycles. The average Bonchev–Trinajstić information content (AvgIpc) is 2.92. The molecular weight excluding hydrogens is 395 g/mol. The van der Waals surface area contributed by atoms with Gasteiger partial charge >= 0.3 is 0 Å². The Balaban J connectivity index is 0.00000196. The second-order valence-electron chi connectivity index (χ2n) is 7.22. The highest BCUT2D eigenvalue weighted by Gasteiger charge is 2.52. The minimum absolute atomic E-state index is 0. The van der Waals surface area contributed by atoms with Crippen molar-refractivity contribution in [2.24, 2.45) is 0 Å². The topological polar surface area (TPSA) is 26.5 Å². The summed E-state index contributed by atoms with van der Waals surface area (Å²) in [7, 11) is 0. The Labute approximate surface area is 164 Å². The second kappa shape index (κ2) is 7.12. The molecule has 2 aliphatic rings. The van der Waals surface area contributed by atoms with Crippen molar-refractivity contribution in [2.45, 2.75) is 38.8 Å². The van der Waals surface area contributed by atoms with Gasteiger partial charge in [0.15, 0.2) is 6.54 Å². The van der Waals surface area contributed by atoms with Gasteiger partial charge in [-0.05, 0) is 68.1 Å². The minimum Gasteiger partial charge on any atom is -1.00 e. The molecule has 0 bridgehead atoms. The van der Waals surface area contributed by atoms with Gasteiger partial charge in [-0.2, -0.15) is 0 Å². The Morgan fingerprint density at radius 1 is 1.08 bits per heavy atom. The molecule has 1 unspecified atom stereocenters. The number of nitrogens with zero attached hydrogens (tertiary/aromatic N) is 2. The highest BCUT2D eigenvalue weighted by atomic mass is 79.9. The van der Waals surface area contributed by atoms with E-state index in [9.17, 15) is 9.50 Å². The molecule has 3 nitrogen and oxygen atoms in total. The van der Waals surface area contributed by atoms with E-state index in [1.807, 2.05) is 0 Å². The lowest BCUT2D eigenvalue weighted by Crippen LogP contribution is -3.00. The van der Waals surface area contributed by atoms with Gasteiger partial charge in [0, 0.05) is 12.0 Å². The van der Waals surface area contributed by atoms with Crippen molar-refractivity contribution in [1.29, 1.82) is 0 Å². The summed E-state index contributed by atoms with van der Waals surface area (Å²) in [6.45, 7) is 5.50. The number of amidine groups is 1. The van der Waals surface area contributed by atoms with Gasteiger partial charge in [-0.15, -0.1) is 0 Å². The number of rotatable bonds is 2. The smallest absolute Gasteiger partial charge is 0.271 e. The van der Waals surface area contributed by atoms with E-state index in [2.05, 4.69) is 41.5 Å². The van der Waals surface area contributed by atoms with Crippen molar-refractivity contribution < 1.29 is 31.1 Å². The van der Waals surface area contributed by atoms with Crippen LogP contribution in [-0.4, -0.2) is 28.6 Å². The van der Waals surface area contributed by atoms with Crippen molar-refractivity contribution in [3.8, 4) is 0 Å². The van der Waals surface area contributed by atoms with Crippen LogP contribution in [0.15, 0.2) is 42.5 Å². The Kier molecular flexibility index (Phi) is 5.22. The monoisotopic (exact) mass is 418 g/mol. The normalized spacial score (nSPS) is 22.2. The lowest BCUT2D eigenvalue weighted by molar-refractivity contribution is -0.661. The molecule has 0 aromatic heterocycles. The maximum Gasteiger partial charge on any atom is 0.271 e. The molecule has 2 heterocycles. The molecule has 138 valence electrons. The Morgan fingerprint density at radius 2 is 1.81 bits per heavy atom. The van der Waals surface area contributed by atoms with Crippen molar-refractivity contribution in [2.75, 3.05) is 18.0 Å². The summed E-state index contributed by atoms with van der Waals surface area (Å²) in [6.07, 6.45) is 3.15. The molecule has 1 N–H and O–H groups in total. The molecule has 4 rings (SSSR count). The van der Waals surface area contributed by atoms with Crippen LogP contribution >= 0.6 is 0 Å². The zero-order valence-electron chi connectivity index (χ0n) is 15.2. The summed E-state index contributed by atoms with van der Waals surface area (Å²) < 4.78 is 15.5. The van der Waals surface area contributed by atoms with Crippen LogP contribution in [0.5, 0.6) is 0 Å². The zero-order chi connectivity index (χ0) is 17.6. The zero-order valence-corrected chi connectivity index (χ0v) is 16.8. The van der Waals surface area contributed by atoms with Crippen LogP contribution in [0.3, 0.4) is 0 Å². The van der Waals surface area contributed by atoms with Crippen molar-refractivity contribution in [1.82, 2.24) is 0 Å². The molecule has 0 spiro atoms. The fourth-order valence-corrected chi connectivity index (χ4v) is 4.09. The highest BCUT2D eigenvalue weighted by molar-refractivity contribution is 5.96. The van der Waals surface area contributed by atoms with Gasteiger partial charge in [0.05, 0.1) is 6.54 Å². The fraction of sp³-hybridized carbons (Fsp3) is 0.381. The summed E-state index contributed by atoms with van der Waals surface area (Å²) >= 11 is 0. The number of hydrogen-bond donors (Lipinski definition) is 1. The standard InChI is InChI=1S/C21H24FN2O.BrH/c1-15-6-7-16(2)19(13-15)23-14-21(25,17-8-10-18(22)11-9-17)24-12-4-3-5-20(23)24;/h6-11,13,25H,3-5,12,14H2,1-2H3;1H/q+1;/p-1. The van der Waals surface area contributed by atoms with Gasteiger partial charge in [0.1, 0.15) is 11.5 Å². The maximum atomic E-state index is 13.4. The number of β-amino-alcohol motifs (C(OH)–C–C–N with tert-alkyl or cyclic N) is 1. The molecule has 0 saturated carbocycles. The van der Waals surface area contributed by atoms with E-state index in [-0.39, 0.29) is 22.8 Å². The summed E-state index contributed by atoms with van der Waals surface area (Å²) in [4.78, 5) is 2.25. The second-order valence-corrected chi connectivity index (χ2v) is 7.22. The van der Waals surface area contributed by atoms with Crippen LogP contribution in [0.4, 0.5) is 10.1 Å². The first kappa shape index (κ1) is 19.1. The van der Waals surface area contributed by atoms with Gasteiger partial charge in [0.2, 0.25) is 0 Å². The summed E-state index contributed by atoms with van der Waals surface area (Å²) in [6, 6.07) is 12.7. The van der Waals surface area contributed by atoms with Crippen molar-refractivity contribution in [3.05, 3.63) is 65.0 Å². The summed E-state index contributed by atoms with van der Waals surface area (Å²) in [5.74, 6) is 0.895. The number of aryl methyl sites for hydroxylation is 2. The molecule has 2 aromatic rings. The van der Waals surface area contributed by atoms with Crippen LogP contribution in [-0.2, 0) is 5.72 Å². The highest BCUT2D eigenvalue weighted by Crippen LogP contribution is 2.37. The molecule has 0 radical (unpaired) electrons. The SMILES string of the molecule is Cc1ccc(C)c(N2CC(O)(c3ccc(F)cc3)[N+]3=C2CCCC3)c1.[Br-]. The van der Waals surface area contributed by atoms with Gasteiger partial charge < -0.3 is 22.1 Å². The van der Waals surface area contributed by atoms with Crippen LogP contribution in [0, 0.1) is 19.7 Å². The number of halogens is 2. The molecule has 1 atom stereocenters. The fourth-order valence-electron chi connectivity index (χ4n) is 4.09. The van der Waals surface area contributed by atoms with Crippen LogP contribution in [0.25, 0.3) is 0 Å². The molecule has 0 aliphatic carbocycles. The van der Waals surface area contributed by atoms with Crippen LogP contribution in [0.1, 0.15) is 36.0 Å². The first-order valence-corrected chi connectivity index (χ1v) is 8.96. The summed E-state index contributed by atoms with van der Waals surface area (Å²) in [5.41, 5.74) is 3.20. The molecule has 2 aromatic carbocycles. The van der Waals surface area contributed by atoms with Gasteiger partial charge in [-0.25, -0.2) is 13.9 Å². The van der Waals surface area contributed by atoms with E-state index in [1.54, 1.807) is 12.1 Å². The summed E-state index contributed by atoms with van der Waals surface area (Å²) in [5, 5.41) is 11.6. The third-order valence-electron chi connectivity index (χ3n) is 5.44. The molecule has 5 heteroatoms. The van der Waals surface area contributed by atoms with E-state index < -0.39 is 5.72 Å². The predicted molar refractivity (Wildman–Crippen MR) is 97.5 cm³/mol. The Hall–Kier alpha value is -1.72. The lowest BCUT2D eigenvalue weighted by Gasteiger charge is -2.24. The molecule has 0 saturated heterocycles. The van der Waals surface area contributed by atoms with E-state index in [0.717, 1.165) is 37.1 Å². The van der Waals surface area contributed by atoms with E-state index in [4.69, 9.17) is 0 Å². The minimum atomic E-state index is -1.11. The molecular formula is C21H24BrFN2O. The Bertz CT molecular complexity index is 850.